The van der Waals surface area contributed by atoms with Crippen molar-refractivity contribution >= 4 is 24.8 Å². The Bertz CT molecular complexity index is 425. The molecule has 0 unspecified atom stereocenters. The van der Waals surface area contributed by atoms with Crippen LogP contribution < -0.4 is 0 Å². The normalized spacial score (nSPS) is 10.0. The van der Waals surface area contributed by atoms with Crippen LogP contribution in [0.4, 0.5) is 0 Å². The first-order valence-electron chi connectivity index (χ1n) is 4.61. The summed E-state index contributed by atoms with van der Waals surface area (Å²) in [6.45, 7) is 0. The van der Waals surface area contributed by atoms with Crippen molar-refractivity contribution in [3.8, 4) is 11.1 Å². The molecule has 3 rings (SSSR count). The van der Waals surface area contributed by atoms with E-state index >= 15 is 0 Å². The quantitative estimate of drug-likeness (QED) is 0.582. The van der Waals surface area contributed by atoms with Gasteiger partial charge in [0, 0.05) is 26.2 Å². The molecule has 0 radical (unpaired) electrons. The molecule has 1 aliphatic rings. The van der Waals surface area contributed by atoms with E-state index in [0.29, 0.717) is 0 Å². The maximum atomic E-state index is 2.22. The molecule has 0 heterocycles. The van der Waals surface area contributed by atoms with Gasteiger partial charge in [-0.3, -0.25) is 0 Å². The van der Waals surface area contributed by atoms with Crippen molar-refractivity contribution in [2.24, 2.45) is 0 Å². The summed E-state index contributed by atoms with van der Waals surface area (Å²) in [7, 11) is 0. The molecule has 0 nitrogen and oxygen atoms in total. The molecule has 2 aromatic rings. The first-order valence-corrected chi connectivity index (χ1v) is 4.61. The molecule has 0 aliphatic heterocycles. The van der Waals surface area contributed by atoms with Crippen molar-refractivity contribution < 1.29 is 26.2 Å². The number of rotatable bonds is 0. The molecule has 0 saturated carbocycles. The Kier molecular flexibility index (Phi) is 6.55. The SMILES string of the molecule is Cl.Cl.[Zr].c1ccc2c(c1)Cc1ccccc1-2. The smallest absolute Gasteiger partial charge is 0 e. The van der Waals surface area contributed by atoms with E-state index in [-0.39, 0.29) is 51.0 Å². The fourth-order valence-corrected chi connectivity index (χ4v) is 2.08. The summed E-state index contributed by atoms with van der Waals surface area (Å²) in [5, 5.41) is 0. The van der Waals surface area contributed by atoms with E-state index in [2.05, 4.69) is 48.5 Å². The third-order valence-electron chi connectivity index (χ3n) is 2.71. The molecular weight excluding hydrogens is 318 g/mol. The molecule has 1 aliphatic carbocycles. The Hall–Kier alpha value is -0.0969. The second kappa shape index (κ2) is 6.59. The number of hydrogen-bond donors (Lipinski definition) is 0. The maximum absolute atomic E-state index is 2.22. The minimum absolute atomic E-state index is 0. The number of fused-ring (bicyclic) bond motifs is 3. The number of benzene rings is 2. The largest absolute Gasteiger partial charge is 0.147 e. The molecule has 16 heavy (non-hydrogen) atoms. The van der Waals surface area contributed by atoms with Gasteiger partial charge in [0.1, 0.15) is 0 Å². The van der Waals surface area contributed by atoms with E-state index in [1.807, 2.05) is 0 Å². The molecule has 2 aromatic carbocycles. The summed E-state index contributed by atoms with van der Waals surface area (Å²) in [5.41, 5.74) is 5.75. The van der Waals surface area contributed by atoms with Crippen molar-refractivity contribution in [1.29, 1.82) is 0 Å². The summed E-state index contributed by atoms with van der Waals surface area (Å²) < 4.78 is 0. The van der Waals surface area contributed by atoms with Crippen molar-refractivity contribution in [3.63, 3.8) is 0 Å². The molecule has 0 saturated heterocycles. The van der Waals surface area contributed by atoms with Crippen molar-refractivity contribution in [2.45, 2.75) is 6.42 Å². The van der Waals surface area contributed by atoms with Crippen LogP contribution >= 0.6 is 24.8 Å². The van der Waals surface area contributed by atoms with Crippen molar-refractivity contribution in [3.05, 3.63) is 59.7 Å². The summed E-state index contributed by atoms with van der Waals surface area (Å²) >= 11 is 0. The van der Waals surface area contributed by atoms with Gasteiger partial charge in [-0.1, -0.05) is 48.5 Å². The number of halogens is 2. The zero-order chi connectivity index (χ0) is 8.67. The van der Waals surface area contributed by atoms with Gasteiger partial charge in [0.2, 0.25) is 0 Å². The van der Waals surface area contributed by atoms with Crippen LogP contribution in [0.3, 0.4) is 0 Å². The Balaban J connectivity index is 0.000000750. The van der Waals surface area contributed by atoms with Gasteiger partial charge in [-0.25, -0.2) is 0 Å². The van der Waals surface area contributed by atoms with Gasteiger partial charge in [0.15, 0.2) is 0 Å². The zero-order valence-electron chi connectivity index (χ0n) is 8.64. The molecule has 3 heteroatoms. The van der Waals surface area contributed by atoms with Crippen LogP contribution in [0.2, 0.25) is 0 Å². The molecule has 0 bridgehead atoms. The summed E-state index contributed by atoms with van der Waals surface area (Å²) in [6, 6.07) is 17.3. The summed E-state index contributed by atoms with van der Waals surface area (Å²) in [6.07, 6.45) is 1.10. The zero-order valence-corrected chi connectivity index (χ0v) is 12.7. The van der Waals surface area contributed by atoms with Gasteiger partial charge in [-0.2, -0.15) is 0 Å². The van der Waals surface area contributed by atoms with E-state index in [0.717, 1.165) is 6.42 Å². The van der Waals surface area contributed by atoms with Crippen LogP contribution in [0.25, 0.3) is 11.1 Å². The molecule has 0 aromatic heterocycles. The fraction of sp³-hybridized carbons (Fsp3) is 0.0769. The minimum atomic E-state index is 0. The first-order chi connectivity index (χ1) is 6.45. The van der Waals surface area contributed by atoms with Crippen LogP contribution in [0, 0.1) is 0 Å². The Morgan fingerprint density at radius 2 is 1.00 bits per heavy atom. The standard InChI is InChI=1S/C13H10.2ClH.Zr/c1-3-7-12-10(5-1)9-11-6-2-4-8-13(11)12;;;/h1-8H,9H2;2*1H;. The fourth-order valence-electron chi connectivity index (χ4n) is 2.08. The average molecular weight is 330 g/mol. The molecule has 0 amide bonds. The van der Waals surface area contributed by atoms with Crippen molar-refractivity contribution in [2.75, 3.05) is 0 Å². The van der Waals surface area contributed by atoms with Gasteiger partial charge in [-0.05, 0) is 28.7 Å². The third kappa shape index (κ3) is 2.59. The van der Waals surface area contributed by atoms with E-state index in [1.165, 1.54) is 22.3 Å². The number of hydrogen-bond acceptors (Lipinski definition) is 0. The molecule has 0 N–H and O–H groups in total. The predicted octanol–water partition coefficient (Wildman–Crippen LogP) is 4.10. The van der Waals surface area contributed by atoms with Crippen LogP contribution in [-0.4, -0.2) is 0 Å². The Morgan fingerprint density at radius 3 is 1.44 bits per heavy atom. The molecule has 82 valence electrons. The Morgan fingerprint density at radius 1 is 0.625 bits per heavy atom. The predicted molar refractivity (Wildman–Crippen MR) is 69.2 cm³/mol. The average Bonchev–Trinajstić information content (AvgIpc) is 2.56. The molecular formula is C13H12Cl2Zr. The maximum Gasteiger partial charge on any atom is 0 e. The minimum Gasteiger partial charge on any atom is -0.147 e. The van der Waals surface area contributed by atoms with Crippen LogP contribution in [0.1, 0.15) is 11.1 Å². The Labute approximate surface area is 127 Å². The summed E-state index contributed by atoms with van der Waals surface area (Å²) in [4.78, 5) is 0. The van der Waals surface area contributed by atoms with E-state index in [4.69, 9.17) is 0 Å². The van der Waals surface area contributed by atoms with E-state index in [1.54, 1.807) is 0 Å². The monoisotopic (exact) mass is 328 g/mol. The van der Waals surface area contributed by atoms with E-state index < -0.39 is 0 Å². The van der Waals surface area contributed by atoms with Gasteiger partial charge in [-0.15, -0.1) is 24.8 Å². The van der Waals surface area contributed by atoms with Crippen LogP contribution in [0.5, 0.6) is 0 Å². The van der Waals surface area contributed by atoms with Crippen LogP contribution in [0.15, 0.2) is 48.5 Å². The van der Waals surface area contributed by atoms with E-state index in [9.17, 15) is 0 Å². The third-order valence-corrected chi connectivity index (χ3v) is 2.71. The van der Waals surface area contributed by atoms with Crippen LogP contribution in [-0.2, 0) is 32.6 Å². The van der Waals surface area contributed by atoms with Gasteiger partial charge < -0.3 is 0 Å². The topological polar surface area (TPSA) is 0 Å². The first kappa shape index (κ1) is 15.9. The van der Waals surface area contributed by atoms with Gasteiger partial charge >= 0.3 is 0 Å². The summed E-state index contributed by atoms with van der Waals surface area (Å²) in [5.74, 6) is 0. The molecule has 0 atom stereocenters. The molecule has 0 spiro atoms. The second-order valence-corrected chi connectivity index (χ2v) is 3.49. The van der Waals surface area contributed by atoms with Crippen molar-refractivity contribution in [1.82, 2.24) is 0 Å². The molecule has 0 fully saturated rings. The van der Waals surface area contributed by atoms with Gasteiger partial charge in [0.05, 0.1) is 0 Å². The second-order valence-electron chi connectivity index (χ2n) is 3.49. The van der Waals surface area contributed by atoms with Gasteiger partial charge in [0.25, 0.3) is 0 Å².